The maximum Gasteiger partial charge on any atom is 0.271 e. The lowest BCUT2D eigenvalue weighted by Gasteiger charge is -2.11. The highest BCUT2D eigenvalue weighted by molar-refractivity contribution is 5.91. The van der Waals surface area contributed by atoms with Crippen molar-refractivity contribution in [3.8, 4) is 0 Å². The van der Waals surface area contributed by atoms with Gasteiger partial charge in [0.15, 0.2) is 0 Å². The minimum atomic E-state index is -0.172. The number of nitrogens with zero attached hydrogens (tertiary/aromatic N) is 5. The van der Waals surface area contributed by atoms with Gasteiger partial charge >= 0.3 is 0 Å². The van der Waals surface area contributed by atoms with E-state index in [-0.39, 0.29) is 11.9 Å². The number of aromatic nitrogens is 5. The van der Waals surface area contributed by atoms with E-state index in [0.29, 0.717) is 12.2 Å². The van der Waals surface area contributed by atoms with Crippen molar-refractivity contribution in [2.45, 2.75) is 39.2 Å². The van der Waals surface area contributed by atoms with Gasteiger partial charge in [-0.1, -0.05) is 18.6 Å². The number of hydrogen-bond acceptors (Lipinski definition) is 4. The third kappa shape index (κ3) is 4.14. The summed E-state index contributed by atoms with van der Waals surface area (Å²) in [7, 11) is 1.83. The summed E-state index contributed by atoms with van der Waals surface area (Å²) in [6.07, 6.45) is 8.46. The first-order chi connectivity index (χ1) is 10.1. The molecule has 0 spiro atoms. The Morgan fingerprint density at radius 1 is 1.43 bits per heavy atom. The Balaban J connectivity index is 1.85. The molecule has 0 aliphatic carbocycles. The van der Waals surface area contributed by atoms with E-state index in [2.05, 4.69) is 27.5 Å². The molecule has 1 atom stereocenters. The van der Waals surface area contributed by atoms with Crippen LogP contribution in [-0.2, 0) is 13.5 Å². The van der Waals surface area contributed by atoms with Crippen LogP contribution in [0.4, 0.5) is 0 Å². The quantitative estimate of drug-likeness (QED) is 0.835. The number of unbranched alkanes of at least 4 members (excludes halogenated alkanes) is 1. The smallest absolute Gasteiger partial charge is 0.271 e. The summed E-state index contributed by atoms with van der Waals surface area (Å²) >= 11 is 0. The molecule has 0 aliphatic heterocycles. The van der Waals surface area contributed by atoms with Gasteiger partial charge in [-0.25, -0.2) is 9.67 Å². The summed E-state index contributed by atoms with van der Waals surface area (Å²) in [6, 6.07) is 0.0561. The van der Waals surface area contributed by atoms with E-state index >= 15 is 0 Å². The van der Waals surface area contributed by atoms with Crippen molar-refractivity contribution < 1.29 is 4.79 Å². The molecule has 1 unspecified atom stereocenters. The lowest BCUT2D eigenvalue weighted by molar-refractivity contribution is 0.0943. The van der Waals surface area contributed by atoms with Gasteiger partial charge in [0.1, 0.15) is 5.69 Å². The standard InChI is InChI=1S/C14H22N6O/c1-4-5-6-12-8-20(18-17-12)11(2)7-15-14(21)13-9-19(3)10-16-13/h8-11H,4-7H2,1-3H3,(H,15,21). The fourth-order valence-corrected chi connectivity index (χ4v) is 1.96. The van der Waals surface area contributed by atoms with Gasteiger partial charge in [0.25, 0.3) is 5.91 Å². The zero-order valence-corrected chi connectivity index (χ0v) is 12.8. The molecular weight excluding hydrogens is 268 g/mol. The molecule has 0 saturated heterocycles. The summed E-state index contributed by atoms with van der Waals surface area (Å²) in [5.74, 6) is -0.172. The van der Waals surface area contributed by atoms with Gasteiger partial charge in [-0.3, -0.25) is 4.79 Å². The van der Waals surface area contributed by atoms with Crippen LogP contribution in [0.25, 0.3) is 0 Å². The lowest BCUT2D eigenvalue weighted by Crippen LogP contribution is -2.30. The van der Waals surface area contributed by atoms with Crippen LogP contribution in [0, 0.1) is 0 Å². The number of imidazole rings is 1. The highest BCUT2D eigenvalue weighted by atomic mass is 16.1. The molecule has 0 saturated carbocycles. The van der Waals surface area contributed by atoms with E-state index in [1.807, 2.05) is 20.2 Å². The second kappa shape index (κ2) is 7.01. The minimum Gasteiger partial charge on any atom is -0.349 e. The summed E-state index contributed by atoms with van der Waals surface area (Å²) < 4.78 is 3.54. The van der Waals surface area contributed by atoms with Gasteiger partial charge < -0.3 is 9.88 Å². The number of aryl methyl sites for hydroxylation is 2. The normalized spacial score (nSPS) is 12.3. The van der Waals surface area contributed by atoms with Gasteiger partial charge in [0.2, 0.25) is 0 Å². The van der Waals surface area contributed by atoms with E-state index in [0.717, 1.165) is 25.0 Å². The van der Waals surface area contributed by atoms with Crippen LogP contribution >= 0.6 is 0 Å². The van der Waals surface area contributed by atoms with Gasteiger partial charge in [-0.05, 0) is 19.8 Å². The van der Waals surface area contributed by atoms with Crippen LogP contribution in [0.15, 0.2) is 18.7 Å². The zero-order valence-electron chi connectivity index (χ0n) is 12.8. The van der Waals surface area contributed by atoms with Gasteiger partial charge in [0, 0.05) is 26.0 Å². The molecule has 0 aliphatic rings. The Morgan fingerprint density at radius 2 is 2.24 bits per heavy atom. The molecule has 0 bridgehead atoms. The Kier molecular flexibility index (Phi) is 5.08. The first-order valence-corrected chi connectivity index (χ1v) is 7.27. The maximum absolute atomic E-state index is 11.9. The van der Waals surface area contributed by atoms with E-state index < -0.39 is 0 Å². The topological polar surface area (TPSA) is 77.6 Å². The zero-order chi connectivity index (χ0) is 15.2. The molecule has 7 heteroatoms. The van der Waals surface area contributed by atoms with Crippen molar-refractivity contribution in [1.29, 1.82) is 0 Å². The van der Waals surface area contributed by atoms with E-state index in [4.69, 9.17) is 0 Å². The summed E-state index contributed by atoms with van der Waals surface area (Å²) in [6.45, 7) is 4.64. The van der Waals surface area contributed by atoms with E-state index in [1.54, 1.807) is 21.8 Å². The Labute approximate surface area is 124 Å². The second-order valence-electron chi connectivity index (χ2n) is 5.28. The van der Waals surface area contributed by atoms with Crippen molar-refractivity contribution >= 4 is 5.91 Å². The largest absolute Gasteiger partial charge is 0.349 e. The van der Waals surface area contributed by atoms with E-state index in [9.17, 15) is 4.79 Å². The minimum absolute atomic E-state index is 0.0561. The van der Waals surface area contributed by atoms with Gasteiger partial charge in [-0.15, -0.1) is 5.10 Å². The van der Waals surface area contributed by atoms with Gasteiger partial charge in [-0.2, -0.15) is 0 Å². The van der Waals surface area contributed by atoms with Crippen molar-refractivity contribution in [1.82, 2.24) is 29.9 Å². The van der Waals surface area contributed by atoms with Crippen LogP contribution in [-0.4, -0.2) is 37.0 Å². The van der Waals surface area contributed by atoms with Crippen LogP contribution < -0.4 is 5.32 Å². The average molecular weight is 290 g/mol. The predicted molar refractivity (Wildman–Crippen MR) is 78.9 cm³/mol. The monoisotopic (exact) mass is 290 g/mol. The molecule has 7 nitrogen and oxygen atoms in total. The Hall–Kier alpha value is -2.18. The van der Waals surface area contributed by atoms with Crippen molar-refractivity contribution in [3.63, 3.8) is 0 Å². The molecule has 0 fully saturated rings. The number of hydrogen-bond donors (Lipinski definition) is 1. The molecular formula is C14H22N6O. The molecule has 0 radical (unpaired) electrons. The third-order valence-electron chi connectivity index (χ3n) is 3.29. The number of carbonyl (C=O) groups excluding carboxylic acids is 1. The number of rotatable bonds is 7. The predicted octanol–water partition coefficient (Wildman–Crippen LogP) is 1.35. The molecule has 1 N–H and O–H groups in total. The van der Waals surface area contributed by atoms with Gasteiger partial charge in [0.05, 0.1) is 18.1 Å². The van der Waals surface area contributed by atoms with Crippen molar-refractivity contribution in [3.05, 3.63) is 30.1 Å². The summed E-state index contributed by atoms with van der Waals surface area (Å²) in [4.78, 5) is 15.9. The second-order valence-corrected chi connectivity index (χ2v) is 5.28. The van der Waals surface area contributed by atoms with Crippen LogP contribution in [0.3, 0.4) is 0 Å². The maximum atomic E-state index is 11.9. The van der Waals surface area contributed by atoms with Crippen molar-refractivity contribution in [2.75, 3.05) is 6.54 Å². The molecule has 2 aromatic heterocycles. The van der Waals surface area contributed by atoms with Crippen LogP contribution in [0.5, 0.6) is 0 Å². The lowest BCUT2D eigenvalue weighted by atomic mass is 10.2. The first-order valence-electron chi connectivity index (χ1n) is 7.27. The number of nitrogens with one attached hydrogen (secondary N) is 1. The molecule has 0 aromatic carbocycles. The average Bonchev–Trinajstić information content (AvgIpc) is 3.11. The Bertz CT molecular complexity index is 588. The fourth-order valence-electron chi connectivity index (χ4n) is 1.96. The molecule has 2 aromatic rings. The number of carbonyl (C=O) groups is 1. The van der Waals surface area contributed by atoms with Crippen LogP contribution in [0.2, 0.25) is 0 Å². The molecule has 114 valence electrons. The molecule has 1 amide bonds. The Morgan fingerprint density at radius 3 is 2.90 bits per heavy atom. The van der Waals surface area contributed by atoms with Crippen molar-refractivity contribution in [2.24, 2.45) is 7.05 Å². The highest BCUT2D eigenvalue weighted by Gasteiger charge is 2.12. The molecule has 2 heterocycles. The molecule has 21 heavy (non-hydrogen) atoms. The summed E-state index contributed by atoms with van der Waals surface area (Å²) in [5.41, 5.74) is 1.42. The van der Waals surface area contributed by atoms with Crippen LogP contribution in [0.1, 0.15) is 48.9 Å². The SMILES string of the molecule is CCCCc1cn(C(C)CNC(=O)c2cn(C)cn2)nn1. The third-order valence-corrected chi connectivity index (χ3v) is 3.29. The van der Waals surface area contributed by atoms with E-state index in [1.165, 1.54) is 0 Å². The molecule has 2 rings (SSSR count). The summed E-state index contributed by atoms with van der Waals surface area (Å²) in [5, 5.41) is 11.1. The number of amides is 1. The first kappa shape index (κ1) is 15.2. The fraction of sp³-hybridized carbons (Fsp3) is 0.571. The highest BCUT2D eigenvalue weighted by Crippen LogP contribution is 2.06.